The van der Waals surface area contributed by atoms with Crippen LogP contribution < -0.4 is 5.73 Å². The number of rotatable bonds is 6. The third-order valence-electron chi connectivity index (χ3n) is 2.63. The maximum Gasteiger partial charge on any atom is 0.320 e. The Kier molecular flexibility index (Phi) is 5.12. The zero-order chi connectivity index (χ0) is 13.7. The van der Waals surface area contributed by atoms with Crippen LogP contribution in [0, 0.1) is 5.92 Å². The summed E-state index contributed by atoms with van der Waals surface area (Å²) in [6.07, 6.45) is 0.0336. The smallest absolute Gasteiger partial charge is 0.320 e. The van der Waals surface area contributed by atoms with Crippen molar-refractivity contribution in [2.24, 2.45) is 11.7 Å². The van der Waals surface area contributed by atoms with Gasteiger partial charge in [-0.2, -0.15) is 0 Å². The highest BCUT2D eigenvalue weighted by molar-refractivity contribution is 6.31. The van der Waals surface area contributed by atoms with E-state index >= 15 is 0 Å². The molecule has 98 valence electrons. The van der Waals surface area contributed by atoms with Gasteiger partial charge >= 0.3 is 11.9 Å². The molecule has 2 atom stereocenters. The maximum absolute atomic E-state index is 11.1. The van der Waals surface area contributed by atoms with Crippen LogP contribution >= 0.6 is 11.6 Å². The molecule has 0 fully saturated rings. The van der Waals surface area contributed by atoms with Crippen molar-refractivity contribution in [3.05, 3.63) is 34.9 Å². The summed E-state index contributed by atoms with van der Waals surface area (Å²) in [7, 11) is 0. The lowest BCUT2D eigenvalue weighted by molar-refractivity contribution is -0.143. The Balaban J connectivity index is 2.78. The van der Waals surface area contributed by atoms with E-state index in [0.29, 0.717) is 10.6 Å². The molecule has 0 aliphatic heterocycles. The van der Waals surface area contributed by atoms with Crippen LogP contribution in [0.5, 0.6) is 0 Å². The third kappa shape index (κ3) is 4.01. The summed E-state index contributed by atoms with van der Waals surface area (Å²) >= 11 is 5.93. The normalized spacial score (nSPS) is 13.9. The second-order valence-electron chi connectivity index (χ2n) is 4.01. The van der Waals surface area contributed by atoms with Gasteiger partial charge in [0.05, 0.1) is 5.92 Å². The van der Waals surface area contributed by atoms with Gasteiger partial charge in [-0.1, -0.05) is 29.8 Å². The first kappa shape index (κ1) is 14.5. The number of hydrogen-bond acceptors (Lipinski definition) is 3. The predicted octanol–water partition coefficient (Wildman–Crippen LogP) is 1.39. The lowest BCUT2D eigenvalue weighted by Gasteiger charge is -2.15. The van der Waals surface area contributed by atoms with E-state index < -0.39 is 23.9 Å². The first-order valence-electron chi connectivity index (χ1n) is 5.36. The minimum atomic E-state index is -1.21. The average molecular weight is 272 g/mol. The Morgan fingerprint density at radius 1 is 1.22 bits per heavy atom. The predicted molar refractivity (Wildman–Crippen MR) is 66.5 cm³/mol. The maximum atomic E-state index is 11.1. The number of nitrogens with two attached hydrogens (primary N) is 1. The number of carboxylic acid groups (broad SMARTS) is 2. The molecule has 0 heterocycles. The Morgan fingerprint density at radius 3 is 2.33 bits per heavy atom. The highest BCUT2D eigenvalue weighted by Gasteiger charge is 2.25. The molecule has 4 N–H and O–H groups in total. The molecular formula is C12H14ClNO4. The van der Waals surface area contributed by atoms with Crippen LogP contribution in [0.25, 0.3) is 0 Å². The highest BCUT2D eigenvalue weighted by Crippen LogP contribution is 2.21. The van der Waals surface area contributed by atoms with Crippen molar-refractivity contribution >= 4 is 23.5 Å². The van der Waals surface area contributed by atoms with Gasteiger partial charge in [0.1, 0.15) is 6.04 Å². The largest absolute Gasteiger partial charge is 0.481 e. The number of carbonyl (C=O) groups is 2. The van der Waals surface area contributed by atoms with Gasteiger partial charge in [0.25, 0.3) is 0 Å². The summed E-state index contributed by atoms with van der Waals surface area (Å²) in [4.78, 5) is 21.7. The standard InChI is InChI=1S/C12H14ClNO4/c13-9-4-2-1-3-7(9)5-8(11(15)16)6-10(14)12(17)18/h1-4,8,10H,5-6,14H2,(H,15,16)(H,17,18)/t8-,10+/m0/s1. The number of halogens is 1. The molecule has 0 aliphatic rings. The van der Waals surface area contributed by atoms with E-state index in [1.54, 1.807) is 24.3 Å². The number of aliphatic carboxylic acids is 2. The van der Waals surface area contributed by atoms with Crippen molar-refractivity contribution in [3.63, 3.8) is 0 Å². The van der Waals surface area contributed by atoms with Gasteiger partial charge in [-0.05, 0) is 24.5 Å². The molecule has 0 unspecified atom stereocenters. The van der Waals surface area contributed by atoms with Crippen molar-refractivity contribution in [1.82, 2.24) is 0 Å². The summed E-state index contributed by atoms with van der Waals surface area (Å²) in [5.74, 6) is -3.15. The van der Waals surface area contributed by atoms with E-state index in [1.165, 1.54) is 0 Å². The summed E-state index contributed by atoms with van der Waals surface area (Å²) in [6.45, 7) is 0. The monoisotopic (exact) mass is 271 g/mol. The van der Waals surface area contributed by atoms with Crippen molar-refractivity contribution in [1.29, 1.82) is 0 Å². The first-order chi connectivity index (χ1) is 8.41. The van der Waals surface area contributed by atoms with E-state index in [1.807, 2.05) is 0 Å². The van der Waals surface area contributed by atoms with Gasteiger partial charge in [-0.25, -0.2) is 0 Å². The minimum Gasteiger partial charge on any atom is -0.481 e. The Labute approximate surface area is 109 Å². The van der Waals surface area contributed by atoms with Crippen LogP contribution in [0.15, 0.2) is 24.3 Å². The fraction of sp³-hybridized carbons (Fsp3) is 0.333. The molecule has 0 amide bonds. The molecule has 5 nitrogen and oxygen atoms in total. The fourth-order valence-electron chi connectivity index (χ4n) is 1.61. The van der Waals surface area contributed by atoms with Gasteiger partial charge in [-0.15, -0.1) is 0 Å². The van der Waals surface area contributed by atoms with Crippen molar-refractivity contribution < 1.29 is 19.8 Å². The molecule has 0 bridgehead atoms. The van der Waals surface area contributed by atoms with E-state index in [-0.39, 0.29) is 12.8 Å². The van der Waals surface area contributed by atoms with E-state index in [9.17, 15) is 9.59 Å². The lowest BCUT2D eigenvalue weighted by Crippen LogP contribution is -2.35. The van der Waals surface area contributed by atoms with Crippen LogP contribution in [0.2, 0.25) is 5.02 Å². The first-order valence-corrected chi connectivity index (χ1v) is 5.74. The molecule has 0 saturated heterocycles. The van der Waals surface area contributed by atoms with Crippen LogP contribution in [-0.4, -0.2) is 28.2 Å². The SMILES string of the molecule is N[C@H](C[C@H](Cc1ccccc1Cl)C(=O)O)C(=O)O. The Hall–Kier alpha value is -1.59. The molecule has 0 aliphatic carbocycles. The van der Waals surface area contributed by atoms with E-state index in [0.717, 1.165) is 0 Å². The molecule has 0 aromatic heterocycles. The van der Waals surface area contributed by atoms with Gasteiger partial charge in [0.2, 0.25) is 0 Å². The van der Waals surface area contributed by atoms with Gasteiger partial charge in [-0.3, -0.25) is 9.59 Å². The molecular weight excluding hydrogens is 258 g/mol. The molecule has 1 aromatic rings. The number of carboxylic acids is 2. The second kappa shape index (κ2) is 6.37. The summed E-state index contributed by atoms with van der Waals surface area (Å²) < 4.78 is 0. The quantitative estimate of drug-likeness (QED) is 0.726. The summed E-state index contributed by atoms with van der Waals surface area (Å²) in [5, 5.41) is 18.2. The molecule has 0 saturated carbocycles. The van der Waals surface area contributed by atoms with Gasteiger partial charge < -0.3 is 15.9 Å². The topological polar surface area (TPSA) is 101 Å². The lowest BCUT2D eigenvalue weighted by atomic mass is 9.93. The van der Waals surface area contributed by atoms with Crippen molar-refractivity contribution in [2.75, 3.05) is 0 Å². The Morgan fingerprint density at radius 2 is 1.83 bits per heavy atom. The molecule has 1 aromatic carbocycles. The van der Waals surface area contributed by atoms with Crippen molar-refractivity contribution in [2.45, 2.75) is 18.9 Å². The van der Waals surface area contributed by atoms with E-state index in [2.05, 4.69) is 0 Å². The number of benzene rings is 1. The summed E-state index contributed by atoms with van der Waals surface area (Å²) in [5.41, 5.74) is 6.02. The average Bonchev–Trinajstić information content (AvgIpc) is 2.30. The molecule has 1 rings (SSSR count). The van der Waals surface area contributed by atoms with Crippen LogP contribution in [-0.2, 0) is 16.0 Å². The zero-order valence-corrected chi connectivity index (χ0v) is 10.3. The second-order valence-corrected chi connectivity index (χ2v) is 4.42. The zero-order valence-electron chi connectivity index (χ0n) is 9.54. The molecule has 0 spiro atoms. The van der Waals surface area contributed by atoms with E-state index in [4.69, 9.17) is 27.5 Å². The third-order valence-corrected chi connectivity index (χ3v) is 3.00. The summed E-state index contributed by atoms with van der Waals surface area (Å²) in [6, 6.07) is 5.67. The highest BCUT2D eigenvalue weighted by atomic mass is 35.5. The van der Waals surface area contributed by atoms with Gasteiger partial charge in [0, 0.05) is 5.02 Å². The molecule has 0 radical (unpaired) electrons. The fourth-order valence-corrected chi connectivity index (χ4v) is 1.82. The molecule has 6 heteroatoms. The molecule has 18 heavy (non-hydrogen) atoms. The van der Waals surface area contributed by atoms with Gasteiger partial charge in [0.15, 0.2) is 0 Å². The van der Waals surface area contributed by atoms with Crippen LogP contribution in [0.3, 0.4) is 0 Å². The van der Waals surface area contributed by atoms with Crippen LogP contribution in [0.1, 0.15) is 12.0 Å². The van der Waals surface area contributed by atoms with Crippen LogP contribution in [0.4, 0.5) is 0 Å². The minimum absolute atomic E-state index is 0.129. The van der Waals surface area contributed by atoms with Crippen molar-refractivity contribution in [3.8, 4) is 0 Å². The number of hydrogen-bond donors (Lipinski definition) is 3. The Bertz CT molecular complexity index is 449.